The van der Waals surface area contributed by atoms with Crippen molar-refractivity contribution in [2.75, 3.05) is 18.0 Å². The van der Waals surface area contributed by atoms with E-state index >= 15 is 0 Å². The van der Waals surface area contributed by atoms with Gasteiger partial charge in [0.2, 0.25) is 6.33 Å². The van der Waals surface area contributed by atoms with Crippen LogP contribution in [-0.4, -0.2) is 22.6 Å². The second kappa shape index (κ2) is 5.95. The van der Waals surface area contributed by atoms with Gasteiger partial charge in [0, 0.05) is 24.4 Å². The van der Waals surface area contributed by atoms with Crippen LogP contribution in [0.5, 0.6) is 0 Å². The molecule has 0 radical (unpaired) electrons. The van der Waals surface area contributed by atoms with E-state index in [4.69, 9.17) is 0 Å². The minimum atomic E-state index is -0.331. The van der Waals surface area contributed by atoms with Crippen LogP contribution in [0.1, 0.15) is 13.0 Å². The Kier molecular flexibility index (Phi) is 4.26. The molecule has 3 rings (SSSR count). The van der Waals surface area contributed by atoms with E-state index in [-0.39, 0.29) is 18.0 Å². The zero-order valence-corrected chi connectivity index (χ0v) is 11.4. The van der Waals surface area contributed by atoms with Gasteiger partial charge in [0.1, 0.15) is 18.9 Å². The number of imidazole rings is 1. The summed E-state index contributed by atoms with van der Waals surface area (Å²) in [5, 5.41) is 10.9. The molecule has 2 heterocycles. The fourth-order valence-electron chi connectivity index (χ4n) is 2.65. The van der Waals surface area contributed by atoms with Gasteiger partial charge in [-0.05, 0) is 12.0 Å². The van der Waals surface area contributed by atoms with Gasteiger partial charge in [0.25, 0.3) is 5.69 Å². The monoisotopic (exact) mass is 289 g/mol. The summed E-state index contributed by atoms with van der Waals surface area (Å²) in [7, 11) is 1.99. The lowest BCUT2D eigenvalue weighted by Gasteiger charge is -2.17. The van der Waals surface area contributed by atoms with Crippen LogP contribution in [-0.2, 0) is 20.0 Å². The zero-order chi connectivity index (χ0) is 14.1. The lowest BCUT2D eigenvalue weighted by molar-refractivity contribution is -0.671. The number of rotatable bonds is 4. The maximum Gasteiger partial charge on any atom is 0.271 e. The van der Waals surface area contributed by atoms with Crippen LogP contribution in [0.15, 0.2) is 36.9 Å². The molecule has 0 N–H and O–H groups in total. The van der Waals surface area contributed by atoms with Crippen LogP contribution in [0.25, 0.3) is 0 Å². The molecular weight excluding hydrogens is 268 g/mol. The summed E-state index contributed by atoms with van der Waals surface area (Å²) in [6.07, 6.45) is 7.03. The van der Waals surface area contributed by atoms with Gasteiger partial charge in [-0.1, -0.05) is 13.5 Å². The van der Waals surface area contributed by atoms with Crippen molar-refractivity contribution < 1.29 is 9.49 Å². The zero-order valence-electron chi connectivity index (χ0n) is 11.4. The minimum absolute atomic E-state index is 0. The third kappa shape index (κ3) is 3.04. The lowest BCUT2D eigenvalue weighted by atomic mass is 10.1. The number of nitro groups is 1. The number of hydrogen-bond acceptors (Lipinski definition) is 3. The summed E-state index contributed by atoms with van der Waals surface area (Å²) in [5.41, 5.74) is 2.38. The number of benzene rings is 1. The summed E-state index contributed by atoms with van der Waals surface area (Å²) in [6.45, 7) is 2.68. The molecule has 6 heteroatoms. The third-order valence-corrected chi connectivity index (χ3v) is 3.72. The molecule has 112 valence electrons. The molecule has 0 saturated heterocycles. The Morgan fingerprint density at radius 3 is 2.86 bits per heavy atom. The average Bonchev–Trinajstić information content (AvgIpc) is 3.02. The fraction of sp³-hybridized carbons (Fsp3) is 0.400. The first kappa shape index (κ1) is 15.0. The fourth-order valence-corrected chi connectivity index (χ4v) is 2.65. The van der Waals surface area contributed by atoms with Crippen molar-refractivity contribution in [1.82, 2.24) is 4.57 Å². The van der Waals surface area contributed by atoms with Gasteiger partial charge in [-0.25, -0.2) is 9.13 Å². The van der Waals surface area contributed by atoms with E-state index < -0.39 is 0 Å². The van der Waals surface area contributed by atoms with E-state index in [2.05, 4.69) is 9.47 Å². The van der Waals surface area contributed by atoms with E-state index in [1.807, 2.05) is 36.4 Å². The maximum atomic E-state index is 10.9. The van der Waals surface area contributed by atoms with Crippen LogP contribution >= 0.6 is 0 Å². The molecule has 1 aromatic heterocycles. The Morgan fingerprint density at radius 2 is 2.19 bits per heavy atom. The quantitative estimate of drug-likeness (QED) is 0.491. The van der Waals surface area contributed by atoms with Crippen LogP contribution < -0.4 is 9.47 Å². The highest BCUT2D eigenvalue weighted by molar-refractivity contribution is 5.62. The molecule has 21 heavy (non-hydrogen) atoms. The van der Waals surface area contributed by atoms with Gasteiger partial charge in [-0.3, -0.25) is 10.1 Å². The molecule has 1 aliphatic heterocycles. The first-order valence-electron chi connectivity index (χ1n) is 6.67. The van der Waals surface area contributed by atoms with E-state index in [9.17, 15) is 10.1 Å². The van der Waals surface area contributed by atoms with Crippen molar-refractivity contribution in [1.29, 1.82) is 0 Å². The number of anilines is 1. The summed E-state index contributed by atoms with van der Waals surface area (Å²) < 4.78 is 4.12. The van der Waals surface area contributed by atoms with Crippen molar-refractivity contribution in [2.45, 2.75) is 20.4 Å². The molecule has 0 spiro atoms. The molecule has 0 unspecified atom stereocenters. The van der Waals surface area contributed by atoms with Crippen LogP contribution in [0.4, 0.5) is 11.4 Å². The lowest BCUT2D eigenvalue weighted by Crippen LogP contribution is -2.27. The Hall–Kier alpha value is -2.37. The van der Waals surface area contributed by atoms with E-state index in [1.165, 1.54) is 5.56 Å². The first-order chi connectivity index (χ1) is 9.63. The van der Waals surface area contributed by atoms with Crippen molar-refractivity contribution in [3.63, 3.8) is 0 Å². The van der Waals surface area contributed by atoms with Crippen molar-refractivity contribution in [3.8, 4) is 0 Å². The second-order valence-corrected chi connectivity index (χ2v) is 5.12. The minimum Gasteiger partial charge on any atom is -0.367 e. The molecule has 0 saturated carbocycles. The SMILES string of the molecule is C.C[n+]1ccn(CCN2CCc3ccc([N+](=O)[O-])cc32)c1. The Morgan fingerprint density at radius 1 is 1.38 bits per heavy atom. The largest absolute Gasteiger partial charge is 0.367 e. The molecule has 0 atom stereocenters. The molecule has 1 aliphatic rings. The van der Waals surface area contributed by atoms with Gasteiger partial charge in [0.05, 0.1) is 18.5 Å². The first-order valence-corrected chi connectivity index (χ1v) is 6.67. The Labute approximate surface area is 124 Å². The van der Waals surface area contributed by atoms with Gasteiger partial charge in [-0.15, -0.1) is 0 Å². The van der Waals surface area contributed by atoms with Crippen molar-refractivity contribution >= 4 is 11.4 Å². The van der Waals surface area contributed by atoms with Crippen LogP contribution in [0.3, 0.4) is 0 Å². The smallest absolute Gasteiger partial charge is 0.271 e. The number of aromatic nitrogens is 2. The highest BCUT2D eigenvalue weighted by Crippen LogP contribution is 2.31. The summed E-state index contributed by atoms with van der Waals surface area (Å²) in [6, 6.07) is 5.16. The number of hydrogen-bond donors (Lipinski definition) is 0. The van der Waals surface area contributed by atoms with Gasteiger partial charge in [-0.2, -0.15) is 0 Å². The molecular formula is C15H21N4O2+. The van der Waals surface area contributed by atoms with E-state index in [1.54, 1.807) is 12.1 Å². The number of nitro benzene ring substituents is 1. The highest BCUT2D eigenvalue weighted by Gasteiger charge is 2.22. The standard InChI is InChI=1S/C14H17N4O2.CH4/c1-15-6-7-16(11-15)8-9-17-5-4-12-2-3-13(18(19)20)10-14(12)17;/h2-3,6-7,10-11H,4-5,8-9H2,1H3;1H4/q+1;. The molecule has 0 fully saturated rings. The molecule has 6 nitrogen and oxygen atoms in total. The summed E-state index contributed by atoms with van der Waals surface area (Å²) >= 11 is 0. The second-order valence-electron chi connectivity index (χ2n) is 5.12. The maximum absolute atomic E-state index is 10.9. The third-order valence-electron chi connectivity index (χ3n) is 3.72. The van der Waals surface area contributed by atoms with E-state index in [0.29, 0.717) is 0 Å². The number of non-ortho nitro benzene ring substituents is 1. The van der Waals surface area contributed by atoms with Crippen molar-refractivity contribution in [3.05, 3.63) is 52.6 Å². The topological polar surface area (TPSA) is 55.2 Å². The summed E-state index contributed by atoms with van der Waals surface area (Å²) in [4.78, 5) is 12.8. The van der Waals surface area contributed by atoms with Crippen molar-refractivity contribution in [2.24, 2.45) is 7.05 Å². The number of aryl methyl sites for hydroxylation is 1. The molecule has 0 bridgehead atoms. The van der Waals surface area contributed by atoms with Gasteiger partial charge < -0.3 is 4.90 Å². The Balaban J connectivity index is 0.00000161. The van der Waals surface area contributed by atoms with Crippen LogP contribution in [0, 0.1) is 10.1 Å². The molecule has 2 aromatic rings. The normalized spacial score (nSPS) is 12.9. The van der Waals surface area contributed by atoms with E-state index in [0.717, 1.165) is 31.7 Å². The van der Waals surface area contributed by atoms with Gasteiger partial charge >= 0.3 is 0 Å². The highest BCUT2D eigenvalue weighted by atomic mass is 16.6. The Bertz CT molecular complexity index is 651. The predicted octanol–water partition coefficient (Wildman–Crippen LogP) is 1.92. The summed E-state index contributed by atoms with van der Waals surface area (Å²) in [5.74, 6) is 0. The van der Waals surface area contributed by atoms with Crippen LogP contribution in [0.2, 0.25) is 0 Å². The number of fused-ring (bicyclic) bond motifs is 1. The van der Waals surface area contributed by atoms with Gasteiger partial charge in [0.15, 0.2) is 0 Å². The predicted molar refractivity (Wildman–Crippen MR) is 81.4 cm³/mol. The molecule has 0 aliphatic carbocycles. The molecule has 1 aromatic carbocycles. The number of nitrogens with zero attached hydrogens (tertiary/aromatic N) is 4. The average molecular weight is 289 g/mol. The molecule has 0 amide bonds.